The summed E-state index contributed by atoms with van der Waals surface area (Å²) < 4.78 is 6.62. The van der Waals surface area contributed by atoms with Gasteiger partial charge in [-0.2, -0.15) is 0 Å². The predicted molar refractivity (Wildman–Crippen MR) is 114 cm³/mol. The highest BCUT2D eigenvalue weighted by Crippen LogP contribution is 2.34. The van der Waals surface area contributed by atoms with Crippen LogP contribution in [0.2, 0.25) is 0 Å². The van der Waals surface area contributed by atoms with Crippen molar-refractivity contribution in [3.63, 3.8) is 0 Å². The van der Waals surface area contributed by atoms with E-state index in [0.717, 1.165) is 22.6 Å². The number of carbonyl (C=O) groups is 1. The van der Waals surface area contributed by atoms with Gasteiger partial charge in [-0.05, 0) is 12.5 Å². The minimum Gasteiger partial charge on any atom is -0.360 e. The van der Waals surface area contributed by atoms with E-state index in [0.29, 0.717) is 28.5 Å². The summed E-state index contributed by atoms with van der Waals surface area (Å²) in [4.78, 5) is 30.9. The van der Waals surface area contributed by atoms with Crippen molar-refractivity contribution in [1.82, 2.24) is 14.7 Å². The predicted octanol–water partition coefficient (Wildman–Crippen LogP) is 3.36. The van der Waals surface area contributed by atoms with Crippen molar-refractivity contribution in [3.05, 3.63) is 63.8 Å². The van der Waals surface area contributed by atoms with Crippen molar-refractivity contribution >= 4 is 35.2 Å². The molecule has 1 atom stereocenters. The molecular weight excluding hydrogens is 408 g/mol. The van der Waals surface area contributed by atoms with Crippen molar-refractivity contribution in [2.45, 2.75) is 42.1 Å². The van der Waals surface area contributed by atoms with E-state index in [2.05, 4.69) is 17.4 Å². The maximum absolute atomic E-state index is 13.1. The molecule has 1 N–H and O–H groups in total. The van der Waals surface area contributed by atoms with E-state index in [4.69, 9.17) is 9.51 Å². The molecule has 1 aliphatic heterocycles. The van der Waals surface area contributed by atoms with Gasteiger partial charge in [-0.3, -0.25) is 14.2 Å². The third kappa shape index (κ3) is 4.56. The Hall–Kier alpha value is -2.52. The fourth-order valence-electron chi connectivity index (χ4n) is 3.08. The largest absolute Gasteiger partial charge is 0.360 e. The average molecular weight is 429 g/mol. The summed E-state index contributed by atoms with van der Waals surface area (Å²) in [5, 5.41) is 7.34. The van der Waals surface area contributed by atoms with E-state index in [1.54, 1.807) is 29.3 Å². The minimum absolute atomic E-state index is 0.0387. The van der Waals surface area contributed by atoms with Crippen LogP contribution in [-0.4, -0.2) is 31.6 Å². The Morgan fingerprint density at radius 1 is 1.38 bits per heavy atom. The number of hydrogen-bond acceptors (Lipinski definition) is 7. The van der Waals surface area contributed by atoms with Crippen LogP contribution in [-0.2, 0) is 17.8 Å². The lowest BCUT2D eigenvalue weighted by molar-refractivity contribution is -0.113. The molecule has 1 amide bonds. The van der Waals surface area contributed by atoms with Gasteiger partial charge in [0.1, 0.15) is 5.76 Å². The van der Waals surface area contributed by atoms with Gasteiger partial charge in [0.15, 0.2) is 11.0 Å². The molecule has 2 aromatic heterocycles. The molecule has 29 heavy (non-hydrogen) atoms. The van der Waals surface area contributed by atoms with Gasteiger partial charge in [-0.25, -0.2) is 4.98 Å². The summed E-state index contributed by atoms with van der Waals surface area (Å²) in [5.41, 5.74) is 1.80. The van der Waals surface area contributed by atoms with E-state index < -0.39 is 0 Å². The van der Waals surface area contributed by atoms with Crippen LogP contribution in [0.4, 0.5) is 5.82 Å². The fraction of sp³-hybridized carbons (Fsp3) is 0.300. The molecule has 4 rings (SSSR count). The number of amides is 1. The molecule has 0 bridgehead atoms. The van der Waals surface area contributed by atoms with Crippen LogP contribution in [0, 0.1) is 6.92 Å². The molecule has 0 aliphatic carbocycles. The molecule has 0 saturated heterocycles. The number of benzene rings is 1. The monoisotopic (exact) mass is 428 g/mol. The molecule has 3 aromatic rings. The van der Waals surface area contributed by atoms with Crippen molar-refractivity contribution in [1.29, 1.82) is 0 Å². The zero-order valence-corrected chi connectivity index (χ0v) is 17.7. The number of rotatable bonds is 6. The summed E-state index contributed by atoms with van der Waals surface area (Å²) in [6.07, 6.45) is 0.763. The second-order valence-electron chi connectivity index (χ2n) is 6.84. The Labute approximate surface area is 176 Å². The van der Waals surface area contributed by atoms with Crippen LogP contribution in [0.1, 0.15) is 23.9 Å². The van der Waals surface area contributed by atoms with Crippen LogP contribution in [0.15, 0.2) is 55.8 Å². The number of aryl methyl sites for hydroxylation is 1. The smallest absolute Gasteiger partial charge is 0.268 e. The summed E-state index contributed by atoms with van der Waals surface area (Å²) in [7, 11) is 0. The molecule has 150 valence electrons. The standard InChI is InChI=1S/C20H20N4O3S2/c1-12-8-16(23-27-12)22-17(25)11-28-20-21-15-9-13(2)29-18(15)19(26)24(20)10-14-6-4-3-5-7-14/h3-8,13H,9-11H2,1-2H3,(H,22,23,25)/t13-/m1/s1. The van der Waals surface area contributed by atoms with Crippen LogP contribution in [0.3, 0.4) is 0 Å². The number of carbonyl (C=O) groups excluding carboxylic acids is 1. The van der Waals surface area contributed by atoms with Gasteiger partial charge in [-0.1, -0.05) is 54.2 Å². The lowest BCUT2D eigenvalue weighted by Crippen LogP contribution is -2.26. The first-order valence-corrected chi connectivity index (χ1v) is 11.1. The van der Waals surface area contributed by atoms with E-state index in [9.17, 15) is 9.59 Å². The molecule has 0 spiro atoms. The van der Waals surface area contributed by atoms with E-state index in [1.165, 1.54) is 11.8 Å². The third-order valence-corrected chi connectivity index (χ3v) is 6.57. The Morgan fingerprint density at radius 2 is 2.17 bits per heavy atom. The summed E-state index contributed by atoms with van der Waals surface area (Å²) in [6, 6.07) is 11.4. The van der Waals surface area contributed by atoms with Gasteiger partial charge in [0.2, 0.25) is 5.91 Å². The maximum atomic E-state index is 13.1. The highest BCUT2D eigenvalue weighted by molar-refractivity contribution is 8.00. The van der Waals surface area contributed by atoms with Crippen LogP contribution in [0.5, 0.6) is 0 Å². The van der Waals surface area contributed by atoms with Crippen LogP contribution in [0.25, 0.3) is 0 Å². The van der Waals surface area contributed by atoms with Gasteiger partial charge < -0.3 is 9.84 Å². The molecule has 3 heterocycles. The zero-order chi connectivity index (χ0) is 20.4. The molecule has 9 heteroatoms. The third-order valence-electron chi connectivity index (χ3n) is 4.37. The average Bonchev–Trinajstić information content (AvgIpc) is 3.28. The van der Waals surface area contributed by atoms with Gasteiger partial charge in [0.05, 0.1) is 22.9 Å². The summed E-state index contributed by atoms with van der Waals surface area (Å²) in [6.45, 7) is 4.27. The van der Waals surface area contributed by atoms with E-state index in [1.807, 2.05) is 30.3 Å². The molecule has 1 aliphatic rings. The summed E-state index contributed by atoms with van der Waals surface area (Å²) in [5.74, 6) is 0.889. The Morgan fingerprint density at radius 3 is 2.90 bits per heavy atom. The molecule has 0 radical (unpaired) electrons. The Bertz CT molecular complexity index is 1090. The number of anilines is 1. The quantitative estimate of drug-likeness (QED) is 0.476. The normalized spacial score (nSPS) is 15.3. The molecule has 0 fully saturated rings. The molecule has 0 saturated carbocycles. The molecular formula is C20H20N4O3S2. The van der Waals surface area contributed by atoms with Gasteiger partial charge >= 0.3 is 0 Å². The second-order valence-corrected chi connectivity index (χ2v) is 9.23. The molecule has 1 aromatic carbocycles. The van der Waals surface area contributed by atoms with E-state index in [-0.39, 0.29) is 17.2 Å². The topological polar surface area (TPSA) is 90.0 Å². The fourth-order valence-corrected chi connectivity index (χ4v) is 5.01. The second kappa shape index (κ2) is 8.46. The number of hydrogen-bond donors (Lipinski definition) is 1. The number of thioether (sulfide) groups is 2. The first-order valence-electron chi connectivity index (χ1n) is 9.20. The lowest BCUT2D eigenvalue weighted by atomic mass is 10.2. The highest BCUT2D eigenvalue weighted by atomic mass is 32.2. The van der Waals surface area contributed by atoms with Gasteiger partial charge in [0, 0.05) is 17.7 Å². The lowest BCUT2D eigenvalue weighted by Gasteiger charge is -2.13. The SMILES string of the molecule is Cc1cc(NC(=O)CSc2nc3c(c(=O)n2Cc2ccccc2)S[C@H](C)C3)no1. The Balaban J connectivity index is 1.57. The number of nitrogens with zero attached hydrogens (tertiary/aromatic N) is 3. The number of aromatic nitrogens is 3. The van der Waals surface area contributed by atoms with Crippen LogP contribution >= 0.6 is 23.5 Å². The minimum atomic E-state index is -0.230. The van der Waals surface area contributed by atoms with Crippen molar-refractivity contribution < 1.29 is 9.32 Å². The number of nitrogens with one attached hydrogen (secondary N) is 1. The highest BCUT2D eigenvalue weighted by Gasteiger charge is 2.26. The first-order chi connectivity index (χ1) is 14.0. The Kier molecular flexibility index (Phi) is 5.77. The summed E-state index contributed by atoms with van der Waals surface area (Å²) >= 11 is 2.83. The van der Waals surface area contributed by atoms with Crippen molar-refractivity contribution in [2.75, 3.05) is 11.1 Å². The van der Waals surface area contributed by atoms with Gasteiger partial charge in [0.25, 0.3) is 5.56 Å². The zero-order valence-electron chi connectivity index (χ0n) is 16.0. The van der Waals surface area contributed by atoms with Crippen molar-refractivity contribution in [2.24, 2.45) is 0 Å². The maximum Gasteiger partial charge on any atom is 0.268 e. The van der Waals surface area contributed by atoms with Gasteiger partial charge in [-0.15, -0.1) is 11.8 Å². The molecule has 7 nitrogen and oxygen atoms in total. The van der Waals surface area contributed by atoms with Crippen LogP contribution < -0.4 is 10.9 Å². The van der Waals surface area contributed by atoms with Crippen molar-refractivity contribution in [3.8, 4) is 0 Å². The first kappa shape index (κ1) is 19.8. The molecule has 0 unspecified atom stereocenters. The number of fused-ring (bicyclic) bond motifs is 1. The van der Waals surface area contributed by atoms with E-state index >= 15 is 0 Å².